The molecule has 2 aromatic heterocycles. The second-order valence-electron chi connectivity index (χ2n) is 10.5. The minimum atomic E-state index is -0.368. The molecule has 0 bridgehead atoms. The molecule has 5 aromatic rings. The number of nitrogens with zero attached hydrogens (tertiary/aromatic N) is 3. The molecule has 1 N–H and O–H groups in total. The van der Waals surface area contributed by atoms with Gasteiger partial charge in [-0.05, 0) is 98.3 Å². The van der Waals surface area contributed by atoms with E-state index < -0.39 is 0 Å². The number of aryl methyl sites for hydroxylation is 1. The molecule has 0 saturated heterocycles. The van der Waals surface area contributed by atoms with Crippen LogP contribution in [0.15, 0.2) is 83.3 Å². The first-order chi connectivity index (χ1) is 21.1. The van der Waals surface area contributed by atoms with Crippen LogP contribution in [0.3, 0.4) is 0 Å². The van der Waals surface area contributed by atoms with Crippen molar-refractivity contribution in [2.75, 3.05) is 13.2 Å². The molecule has 8 heteroatoms. The predicted octanol–water partition coefficient (Wildman–Crippen LogP) is 6.73. The van der Waals surface area contributed by atoms with Crippen LogP contribution in [-0.4, -0.2) is 29.1 Å². The van der Waals surface area contributed by atoms with E-state index in [4.69, 9.17) is 19.2 Å². The van der Waals surface area contributed by atoms with Gasteiger partial charge in [0.05, 0.1) is 18.2 Å². The quantitative estimate of drug-likeness (QED) is 0.184. The van der Waals surface area contributed by atoms with Crippen molar-refractivity contribution < 1.29 is 18.7 Å². The molecule has 1 aliphatic carbocycles. The molecule has 8 nitrogen and oxygen atoms in total. The first kappa shape index (κ1) is 28.1. The summed E-state index contributed by atoms with van der Waals surface area (Å²) in [6.07, 6.45) is 3.75. The van der Waals surface area contributed by atoms with Crippen molar-refractivity contribution >= 4 is 17.1 Å². The monoisotopic (exact) mass is 572 g/mol. The minimum Gasteiger partial charge on any atom is -0.489 e. The lowest BCUT2D eigenvalue weighted by atomic mass is 9.91. The summed E-state index contributed by atoms with van der Waals surface area (Å²) in [5.41, 5.74) is 7.43. The molecular weight excluding hydrogens is 540 g/mol. The van der Waals surface area contributed by atoms with E-state index in [1.807, 2.05) is 48.5 Å². The van der Waals surface area contributed by atoms with E-state index in [1.54, 1.807) is 31.2 Å². The molecular formula is C35H32N4O4. The number of benzene rings is 3. The molecule has 3 aromatic carbocycles. The normalized spacial score (nSPS) is 14.2. The van der Waals surface area contributed by atoms with Gasteiger partial charge < -0.3 is 19.2 Å². The number of carbonyl (C=O) groups excluding carboxylic acids is 1. The van der Waals surface area contributed by atoms with E-state index in [2.05, 4.69) is 27.4 Å². The summed E-state index contributed by atoms with van der Waals surface area (Å²) in [7, 11) is 0. The van der Waals surface area contributed by atoms with Crippen molar-refractivity contribution in [3.63, 3.8) is 0 Å². The van der Waals surface area contributed by atoms with Crippen molar-refractivity contribution in [3.05, 3.63) is 113 Å². The molecule has 0 fully saturated rings. The van der Waals surface area contributed by atoms with Gasteiger partial charge in [0.15, 0.2) is 5.58 Å². The number of nitrogens with one attached hydrogen (secondary N) is 1. The zero-order chi connectivity index (χ0) is 29.6. The Morgan fingerprint density at radius 3 is 2.77 bits per heavy atom. The summed E-state index contributed by atoms with van der Waals surface area (Å²) in [4.78, 5) is 21.3. The van der Waals surface area contributed by atoms with Crippen LogP contribution >= 0.6 is 0 Å². The van der Waals surface area contributed by atoms with E-state index >= 15 is 0 Å². The van der Waals surface area contributed by atoms with Gasteiger partial charge in [0.25, 0.3) is 0 Å². The van der Waals surface area contributed by atoms with Crippen LogP contribution in [0.1, 0.15) is 64.2 Å². The highest BCUT2D eigenvalue weighted by Crippen LogP contribution is 2.30. The van der Waals surface area contributed by atoms with E-state index in [1.165, 1.54) is 0 Å². The van der Waals surface area contributed by atoms with Gasteiger partial charge in [-0.3, -0.25) is 0 Å². The molecule has 216 valence electrons. The first-order valence-electron chi connectivity index (χ1n) is 14.6. The molecule has 0 amide bonds. The molecule has 0 saturated carbocycles. The van der Waals surface area contributed by atoms with E-state index in [-0.39, 0.29) is 12.0 Å². The largest absolute Gasteiger partial charge is 0.489 e. The SMILES string of the molecule is CCOC(=O)c1ccc2c(n1)CCCC2NCCc1ccccc1OCc1ccc(-c2nc3cc(C#N)ccc3o2)cc1. The molecule has 0 spiro atoms. The summed E-state index contributed by atoms with van der Waals surface area (Å²) < 4.78 is 17.2. The maximum absolute atomic E-state index is 12.1. The molecule has 0 aliphatic heterocycles. The summed E-state index contributed by atoms with van der Waals surface area (Å²) in [5, 5.41) is 12.8. The zero-order valence-corrected chi connectivity index (χ0v) is 24.0. The summed E-state index contributed by atoms with van der Waals surface area (Å²) in [6.45, 7) is 3.37. The summed E-state index contributed by atoms with van der Waals surface area (Å²) >= 11 is 0. The predicted molar refractivity (Wildman–Crippen MR) is 163 cm³/mol. The van der Waals surface area contributed by atoms with Crippen LogP contribution in [-0.2, 0) is 24.2 Å². The highest BCUT2D eigenvalue weighted by molar-refractivity contribution is 5.87. The number of hydrogen-bond donors (Lipinski definition) is 1. The third-order valence-electron chi connectivity index (χ3n) is 7.65. The molecule has 1 unspecified atom stereocenters. The molecule has 43 heavy (non-hydrogen) atoms. The third-order valence-corrected chi connectivity index (χ3v) is 7.65. The van der Waals surface area contributed by atoms with Crippen molar-refractivity contribution in [2.24, 2.45) is 0 Å². The number of carbonyl (C=O) groups is 1. The number of para-hydroxylation sites is 1. The highest BCUT2D eigenvalue weighted by atomic mass is 16.5. The van der Waals surface area contributed by atoms with Crippen molar-refractivity contribution in [2.45, 2.75) is 45.3 Å². The van der Waals surface area contributed by atoms with Crippen LogP contribution in [0.25, 0.3) is 22.6 Å². The van der Waals surface area contributed by atoms with Gasteiger partial charge in [0.2, 0.25) is 5.89 Å². The number of fused-ring (bicyclic) bond motifs is 2. The van der Waals surface area contributed by atoms with Gasteiger partial charge >= 0.3 is 5.97 Å². The number of esters is 1. The van der Waals surface area contributed by atoms with Crippen LogP contribution < -0.4 is 10.1 Å². The lowest BCUT2D eigenvalue weighted by molar-refractivity contribution is 0.0519. The molecule has 6 rings (SSSR count). The standard InChI is InChI=1S/C35H32N4O4/c1-2-41-35(40)30-16-15-27-28(7-5-8-29(27)38-30)37-19-18-25-6-3-4-9-32(25)42-22-23-10-13-26(14-11-23)34-39-31-20-24(21-36)12-17-33(31)43-34/h3-4,6,9-17,20,28,37H,2,5,7-8,18-19,22H2,1H3. The summed E-state index contributed by atoms with van der Waals surface area (Å²) in [6, 6.07) is 27.4. The average molecular weight is 573 g/mol. The number of hydrogen-bond acceptors (Lipinski definition) is 8. The van der Waals surface area contributed by atoms with Gasteiger partial charge in [0, 0.05) is 17.3 Å². The molecule has 1 atom stereocenters. The Morgan fingerprint density at radius 1 is 1.07 bits per heavy atom. The molecule has 2 heterocycles. The highest BCUT2D eigenvalue weighted by Gasteiger charge is 2.23. The number of pyridine rings is 1. The van der Waals surface area contributed by atoms with E-state index in [0.717, 1.165) is 65.9 Å². The van der Waals surface area contributed by atoms with E-state index in [9.17, 15) is 4.79 Å². The smallest absolute Gasteiger partial charge is 0.356 e. The van der Waals surface area contributed by atoms with Crippen molar-refractivity contribution in [1.82, 2.24) is 15.3 Å². The van der Waals surface area contributed by atoms with Gasteiger partial charge in [0.1, 0.15) is 23.6 Å². The average Bonchev–Trinajstić information content (AvgIpc) is 3.48. The second kappa shape index (κ2) is 12.9. The van der Waals surface area contributed by atoms with Crippen molar-refractivity contribution in [3.8, 4) is 23.3 Å². The van der Waals surface area contributed by atoms with Crippen LogP contribution in [0.2, 0.25) is 0 Å². The zero-order valence-electron chi connectivity index (χ0n) is 24.0. The topological polar surface area (TPSA) is 110 Å². The number of nitriles is 1. The fourth-order valence-electron chi connectivity index (χ4n) is 5.45. The Kier molecular flexibility index (Phi) is 8.43. The number of ether oxygens (including phenoxy) is 2. The van der Waals surface area contributed by atoms with E-state index in [0.29, 0.717) is 41.5 Å². The van der Waals surface area contributed by atoms with Crippen molar-refractivity contribution in [1.29, 1.82) is 5.26 Å². The van der Waals surface area contributed by atoms with Gasteiger partial charge in [-0.2, -0.15) is 5.26 Å². The maximum atomic E-state index is 12.1. The second-order valence-corrected chi connectivity index (χ2v) is 10.5. The Labute approximate surface area is 250 Å². The lowest BCUT2D eigenvalue weighted by Crippen LogP contribution is -2.28. The van der Waals surface area contributed by atoms with Gasteiger partial charge in [-0.1, -0.05) is 36.4 Å². The molecule has 1 aliphatic rings. The number of rotatable bonds is 10. The van der Waals surface area contributed by atoms with Gasteiger partial charge in [-0.15, -0.1) is 0 Å². The van der Waals surface area contributed by atoms with Crippen LogP contribution in [0.5, 0.6) is 5.75 Å². The maximum Gasteiger partial charge on any atom is 0.356 e. The van der Waals surface area contributed by atoms with Gasteiger partial charge in [-0.25, -0.2) is 14.8 Å². The van der Waals surface area contributed by atoms with Crippen LogP contribution in [0, 0.1) is 11.3 Å². The minimum absolute atomic E-state index is 0.203. The Morgan fingerprint density at radius 2 is 1.93 bits per heavy atom. The lowest BCUT2D eigenvalue weighted by Gasteiger charge is -2.26. The fraction of sp³-hybridized carbons (Fsp3) is 0.257. The van der Waals surface area contributed by atoms with Crippen LogP contribution in [0.4, 0.5) is 0 Å². The first-order valence-corrected chi connectivity index (χ1v) is 14.6. The Hall–Kier alpha value is -5.00. The fourth-order valence-corrected chi connectivity index (χ4v) is 5.45. The summed E-state index contributed by atoms with van der Waals surface area (Å²) in [5.74, 6) is 1.02. The number of aromatic nitrogens is 2. The molecule has 0 radical (unpaired) electrons. The Bertz CT molecular complexity index is 1790. The number of oxazole rings is 1. The third kappa shape index (κ3) is 6.42. The Balaban J connectivity index is 1.05.